The number of hydrogen-bond donors (Lipinski definition) is 5. The van der Waals surface area contributed by atoms with E-state index in [9.17, 15) is 9.59 Å². The Morgan fingerprint density at radius 3 is 2.48 bits per heavy atom. The topological polar surface area (TPSA) is 145 Å². The Kier molecular flexibility index (Phi) is 8.70. The van der Waals surface area contributed by atoms with Crippen LogP contribution in [-0.4, -0.2) is 78.5 Å². The molecule has 0 aliphatic carbocycles. The van der Waals surface area contributed by atoms with E-state index in [1.54, 1.807) is 18.2 Å². The molecule has 1 aliphatic heterocycles. The second-order valence-corrected chi connectivity index (χ2v) is 8.47. The quantitative estimate of drug-likeness (QED) is 0.206. The fourth-order valence-electron chi connectivity index (χ4n) is 3.49. The molecule has 1 saturated heterocycles. The summed E-state index contributed by atoms with van der Waals surface area (Å²) in [6, 6.07) is 10.1. The summed E-state index contributed by atoms with van der Waals surface area (Å²) < 4.78 is 0. The largest absolute Gasteiger partial charge is 0.370 e. The molecule has 11 heteroatoms. The van der Waals surface area contributed by atoms with Gasteiger partial charge in [0.25, 0.3) is 11.8 Å². The maximum Gasteiger partial charge on any atom is 0.268 e. The number of H-pyrrole nitrogens is 1. The molecule has 2 aromatic rings. The maximum atomic E-state index is 13.0. The molecule has 10 nitrogen and oxygen atoms in total. The monoisotopic (exact) mass is 474 g/mol. The first-order chi connectivity index (χ1) is 15.8. The molecule has 0 radical (unpaired) electrons. The van der Waals surface area contributed by atoms with Crippen molar-refractivity contribution in [3.63, 3.8) is 0 Å². The number of carbonyl (C=O) groups is 2. The van der Waals surface area contributed by atoms with E-state index < -0.39 is 6.04 Å². The van der Waals surface area contributed by atoms with E-state index in [1.807, 2.05) is 30.3 Å². The highest BCUT2D eigenvalue weighted by Crippen LogP contribution is 2.21. The Labute approximate surface area is 198 Å². The predicted octanol–water partition coefficient (Wildman–Crippen LogP) is 0.766. The van der Waals surface area contributed by atoms with Crippen LogP contribution in [0.1, 0.15) is 23.3 Å². The number of hydrogen-bond acceptors (Lipinski definition) is 5. The molecule has 1 unspecified atom stereocenters. The third kappa shape index (κ3) is 7.48. The van der Waals surface area contributed by atoms with Crippen molar-refractivity contribution in [2.75, 3.05) is 39.8 Å². The highest BCUT2D eigenvalue weighted by molar-refractivity contribution is 6.30. The first-order valence-electron chi connectivity index (χ1n) is 10.9. The smallest absolute Gasteiger partial charge is 0.268 e. The van der Waals surface area contributed by atoms with Crippen LogP contribution in [0, 0.1) is 0 Å². The molecule has 3 rings (SSSR count). The van der Waals surface area contributed by atoms with Crippen molar-refractivity contribution >= 4 is 29.4 Å². The predicted molar refractivity (Wildman–Crippen MR) is 130 cm³/mol. The molecule has 178 valence electrons. The summed E-state index contributed by atoms with van der Waals surface area (Å²) in [6.45, 7) is 3.53. The van der Waals surface area contributed by atoms with E-state index in [0.717, 1.165) is 37.4 Å². The van der Waals surface area contributed by atoms with Crippen LogP contribution in [0.5, 0.6) is 0 Å². The summed E-state index contributed by atoms with van der Waals surface area (Å²) in [5.74, 6) is -0.628. The number of amides is 2. The van der Waals surface area contributed by atoms with Gasteiger partial charge >= 0.3 is 0 Å². The second kappa shape index (κ2) is 11.7. The minimum atomic E-state index is -0.728. The molecular weight excluding hydrogens is 444 g/mol. The van der Waals surface area contributed by atoms with Gasteiger partial charge in [-0.25, -0.2) is 5.01 Å². The van der Waals surface area contributed by atoms with Crippen LogP contribution in [0.4, 0.5) is 0 Å². The number of aromatic amines is 1. The number of aliphatic imine (C=N–C) groups is 1. The molecule has 1 atom stereocenters. The standard InChI is InChI=1S/C22H31ClN8O2/c1-30-11-13-31(14-12-30)29-21(33)18(3-2-10-26-22(24)25)28-20(32)19-9-8-17(27-19)15-4-6-16(23)7-5-15/h4-9,18,27H,2-3,10-14H2,1H3,(H,28,32)(H,29,33)(H4,24,25,26). The zero-order valence-electron chi connectivity index (χ0n) is 18.7. The Balaban J connectivity index is 1.65. The average molecular weight is 475 g/mol. The molecule has 0 saturated carbocycles. The third-order valence-corrected chi connectivity index (χ3v) is 5.68. The van der Waals surface area contributed by atoms with E-state index in [1.165, 1.54) is 0 Å². The van der Waals surface area contributed by atoms with Crippen LogP contribution in [0.15, 0.2) is 41.4 Å². The Morgan fingerprint density at radius 2 is 1.82 bits per heavy atom. The molecule has 7 N–H and O–H groups in total. The fourth-order valence-corrected chi connectivity index (χ4v) is 3.61. The van der Waals surface area contributed by atoms with E-state index in [0.29, 0.717) is 30.1 Å². The van der Waals surface area contributed by atoms with Crippen molar-refractivity contribution < 1.29 is 9.59 Å². The number of aromatic nitrogens is 1. The minimum Gasteiger partial charge on any atom is -0.370 e. The lowest BCUT2D eigenvalue weighted by atomic mass is 10.1. The van der Waals surface area contributed by atoms with Crippen LogP contribution < -0.4 is 22.2 Å². The minimum absolute atomic E-state index is 0.00131. The molecule has 2 heterocycles. The van der Waals surface area contributed by atoms with Crippen LogP contribution >= 0.6 is 11.6 Å². The van der Waals surface area contributed by atoms with Crippen molar-refractivity contribution in [1.29, 1.82) is 0 Å². The van der Waals surface area contributed by atoms with Crippen molar-refractivity contribution in [2.45, 2.75) is 18.9 Å². The van der Waals surface area contributed by atoms with Gasteiger partial charge in [0.15, 0.2) is 5.96 Å². The summed E-state index contributed by atoms with van der Waals surface area (Å²) in [7, 11) is 2.04. The number of nitrogens with two attached hydrogens (primary N) is 2. The van der Waals surface area contributed by atoms with Crippen LogP contribution in [0.25, 0.3) is 11.3 Å². The molecule has 1 aromatic carbocycles. The summed E-state index contributed by atoms with van der Waals surface area (Å²) >= 11 is 5.95. The van der Waals surface area contributed by atoms with E-state index >= 15 is 0 Å². The first-order valence-corrected chi connectivity index (χ1v) is 11.2. The van der Waals surface area contributed by atoms with Crippen molar-refractivity contribution in [1.82, 2.24) is 25.6 Å². The van der Waals surface area contributed by atoms with Crippen molar-refractivity contribution in [2.24, 2.45) is 16.5 Å². The van der Waals surface area contributed by atoms with Gasteiger partial charge in [0.2, 0.25) is 0 Å². The van der Waals surface area contributed by atoms with E-state index in [2.05, 4.69) is 25.6 Å². The van der Waals surface area contributed by atoms with Crippen LogP contribution in [-0.2, 0) is 4.79 Å². The number of nitrogens with zero attached hydrogens (tertiary/aromatic N) is 3. The van der Waals surface area contributed by atoms with Crippen LogP contribution in [0.2, 0.25) is 5.02 Å². The van der Waals surface area contributed by atoms with Gasteiger partial charge in [-0.05, 0) is 49.7 Å². The van der Waals surface area contributed by atoms with Gasteiger partial charge in [-0.15, -0.1) is 0 Å². The normalized spacial score (nSPS) is 15.6. The lowest BCUT2D eigenvalue weighted by molar-refractivity contribution is -0.128. The number of nitrogens with one attached hydrogen (secondary N) is 3. The number of halogens is 1. The van der Waals surface area contributed by atoms with Crippen molar-refractivity contribution in [3.8, 4) is 11.3 Å². The van der Waals surface area contributed by atoms with Gasteiger partial charge in [-0.2, -0.15) is 0 Å². The Morgan fingerprint density at radius 1 is 1.12 bits per heavy atom. The zero-order valence-corrected chi connectivity index (χ0v) is 19.4. The molecule has 1 aliphatic rings. The van der Waals surface area contributed by atoms with Gasteiger partial charge in [0.05, 0.1) is 0 Å². The number of benzene rings is 1. The molecule has 33 heavy (non-hydrogen) atoms. The number of piperazine rings is 1. The van der Waals surface area contributed by atoms with Gasteiger partial charge in [-0.1, -0.05) is 23.7 Å². The Bertz CT molecular complexity index is 963. The number of guanidine groups is 1. The molecule has 0 spiro atoms. The second-order valence-electron chi connectivity index (χ2n) is 8.03. The molecule has 2 amide bonds. The Hall–Kier alpha value is -3.08. The van der Waals surface area contributed by atoms with Gasteiger partial charge in [0, 0.05) is 43.4 Å². The van der Waals surface area contributed by atoms with Gasteiger partial charge < -0.3 is 26.7 Å². The number of rotatable bonds is 9. The van der Waals surface area contributed by atoms with E-state index in [-0.39, 0.29) is 17.8 Å². The lowest BCUT2D eigenvalue weighted by Crippen LogP contribution is -2.57. The summed E-state index contributed by atoms with van der Waals surface area (Å²) in [4.78, 5) is 35.1. The fraction of sp³-hybridized carbons (Fsp3) is 0.409. The van der Waals surface area contributed by atoms with E-state index in [4.69, 9.17) is 23.1 Å². The summed E-state index contributed by atoms with van der Waals surface area (Å²) in [5, 5.41) is 5.36. The highest BCUT2D eigenvalue weighted by Gasteiger charge is 2.25. The summed E-state index contributed by atoms with van der Waals surface area (Å²) in [6.07, 6.45) is 0.937. The number of hydrazine groups is 1. The molecule has 1 fully saturated rings. The summed E-state index contributed by atoms with van der Waals surface area (Å²) in [5.41, 5.74) is 15.7. The van der Waals surface area contributed by atoms with Crippen LogP contribution in [0.3, 0.4) is 0 Å². The van der Waals surface area contributed by atoms with Gasteiger partial charge in [-0.3, -0.25) is 20.0 Å². The molecule has 1 aromatic heterocycles. The SMILES string of the molecule is CN1CCN(NC(=O)C(CCCN=C(N)N)NC(=O)c2ccc(-c3ccc(Cl)cc3)[nH]2)CC1. The molecular formula is C22H31ClN8O2. The highest BCUT2D eigenvalue weighted by atomic mass is 35.5. The van der Waals surface area contributed by atoms with Gasteiger partial charge in [0.1, 0.15) is 11.7 Å². The maximum absolute atomic E-state index is 13.0. The number of likely N-dealkylation sites (N-methyl/N-ethyl adjacent to an activating group) is 1. The zero-order chi connectivity index (χ0) is 23.8. The molecule has 0 bridgehead atoms. The average Bonchev–Trinajstić information content (AvgIpc) is 3.28. The lowest BCUT2D eigenvalue weighted by Gasteiger charge is -2.33. The third-order valence-electron chi connectivity index (χ3n) is 5.42. The first kappa shape index (κ1) is 24.6. The van der Waals surface area contributed by atoms with Crippen molar-refractivity contribution in [3.05, 3.63) is 47.1 Å². The number of carbonyl (C=O) groups excluding carboxylic acids is 2.